The summed E-state index contributed by atoms with van der Waals surface area (Å²) in [6, 6.07) is 18.0. The van der Waals surface area contributed by atoms with Gasteiger partial charge in [0, 0.05) is 18.4 Å². The van der Waals surface area contributed by atoms with Crippen LogP contribution in [0.4, 0.5) is 0 Å². The van der Waals surface area contributed by atoms with Crippen LogP contribution in [-0.4, -0.2) is 36.9 Å². The van der Waals surface area contributed by atoms with E-state index < -0.39 is 0 Å². The lowest BCUT2D eigenvalue weighted by molar-refractivity contribution is -0.124. The quantitative estimate of drug-likeness (QED) is 0.134. The molecule has 39 heavy (non-hydrogen) atoms. The number of Topliss-reactive ketones (excluding diaryl/α,β-unsaturated/α-hetero) is 1. The minimum Gasteiger partial charge on any atom is -0.504 e. The molecule has 0 saturated carbocycles. The highest BCUT2D eigenvalue weighted by Crippen LogP contribution is 2.34. The normalized spacial score (nSPS) is 14.2. The average molecular weight is 528 g/mol. The number of hydrogen-bond acceptors (Lipinski definition) is 5. The zero-order chi connectivity index (χ0) is 27.5. The third-order valence-electron chi connectivity index (χ3n) is 7.71. The number of nitrogens with one attached hydrogen (secondary N) is 1. The van der Waals surface area contributed by atoms with Crippen LogP contribution < -0.4 is 10.1 Å². The number of unbranched alkanes of at least 4 members (excludes halogenated alkanes) is 3. The van der Waals surface area contributed by atoms with Gasteiger partial charge >= 0.3 is 0 Å². The molecule has 1 saturated heterocycles. The van der Waals surface area contributed by atoms with Gasteiger partial charge in [-0.1, -0.05) is 74.2 Å². The lowest BCUT2D eigenvalue weighted by Gasteiger charge is -2.22. The largest absolute Gasteiger partial charge is 0.504 e. The highest BCUT2D eigenvalue weighted by atomic mass is 16.5. The van der Waals surface area contributed by atoms with Crippen molar-refractivity contribution in [3.05, 3.63) is 77.4 Å². The van der Waals surface area contributed by atoms with Crippen molar-refractivity contribution in [1.82, 2.24) is 5.32 Å². The van der Waals surface area contributed by atoms with Crippen molar-refractivity contribution in [3.63, 3.8) is 0 Å². The molecule has 0 spiro atoms. The molecule has 3 aromatic rings. The molecule has 0 atom stereocenters. The van der Waals surface area contributed by atoms with Crippen LogP contribution in [0.5, 0.6) is 11.5 Å². The lowest BCUT2D eigenvalue weighted by atomic mass is 9.92. The summed E-state index contributed by atoms with van der Waals surface area (Å²) in [6.45, 7) is 2.29. The molecule has 3 aromatic carbocycles. The Kier molecular flexibility index (Phi) is 10.7. The van der Waals surface area contributed by atoms with Gasteiger partial charge in [0.2, 0.25) is 0 Å². The van der Waals surface area contributed by atoms with E-state index in [0.29, 0.717) is 24.2 Å². The second kappa shape index (κ2) is 14.6. The van der Waals surface area contributed by atoms with Gasteiger partial charge in [0.05, 0.1) is 13.5 Å². The summed E-state index contributed by atoms with van der Waals surface area (Å²) in [5, 5.41) is 16.4. The van der Waals surface area contributed by atoms with Crippen LogP contribution >= 0.6 is 0 Å². The van der Waals surface area contributed by atoms with Gasteiger partial charge < -0.3 is 15.2 Å². The summed E-state index contributed by atoms with van der Waals surface area (Å²) in [5.74, 6) is 1.12. The van der Waals surface area contributed by atoms with Crippen LogP contribution in [0, 0.1) is 5.92 Å². The first kappa shape index (κ1) is 28.6. The molecule has 4 rings (SSSR count). The van der Waals surface area contributed by atoms with Crippen LogP contribution in [-0.2, 0) is 16.0 Å². The van der Waals surface area contributed by atoms with Crippen molar-refractivity contribution < 1.29 is 19.4 Å². The lowest BCUT2D eigenvalue weighted by Crippen LogP contribution is -2.27. The Morgan fingerprint density at radius 1 is 0.974 bits per heavy atom. The van der Waals surface area contributed by atoms with Gasteiger partial charge in [-0.05, 0) is 78.4 Å². The van der Waals surface area contributed by atoms with Gasteiger partial charge in [-0.3, -0.25) is 9.59 Å². The molecule has 1 aliphatic heterocycles. The number of ketones is 2. The molecule has 5 nitrogen and oxygen atoms in total. The number of rotatable bonds is 14. The zero-order valence-corrected chi connectivity index (χ0v) is 23.1. The minimum atomic E-state index is -0.200. The fourth-order valence-corrected chi connectivity index (χ4v) is 5.45. The number of benzene rings is 3. The van der Waals surface area contributed by atoms with Crippen LogP contribution in [0.2, 0.25) is 0 Å². The van der Waals surface area contributed by atoms with Crippen molar-refractivity contribution >= 4 is 28.4 Å². The minimum absolute atomic E-state index is 0.00304. The monoisotopic (exact) mass is 527 g/mol. The maximum atomic E-state index is 12.5. The molecular formula is C34H41NO4. The molecule has 0 aliphatic carbocycles. The Bertz CT molecular complexity index is 1290. The summed E-state index contributed by atoms with van der Waals surface area (Å²) in [5.41, 5.74) is 2.53. The zero-order valence-electron chi connectivity index (χ0n) is 23.1. The van der Waals surface area contributed by atoms with E-state index in [1.165, 1.54) is 44.3 Å². The fraction of sp³-hybridized carbons (Fsp3) is 0.412. The molecule has 1 heterocycles. The van der Waals surface area contributed by atoms with Crippen molar-refractivity contribution in [3.8, 4) is 11.5 Å². The molecule has 2 N–H and O–H groups in total. The highest BCUT2D eigenvalue weighted by Gasteiger charge is 2.13. The van der Waals surface area contributed by atoms with Gasteiger partial charge in [0.15, 0.2) is 17.3 Å². The van der Waals surface area contributed by atoms with Crippen LogP contribution in [0.15, 0.2) is 60.7 Å². The van der Waals surface area contributed by atoms with Gasteiger partial charge in [-0.25, -0.2) is 0 Å². The SMILES string of the molecule is COc1cc(C=CC(=O)CC(=O)CCCCCCC2CCNCC2)cc(Cc2ccc3ccccc3c2)c1O. The predicted molar refractivity (Wildman–Crippen MR) is 158 cm³/mol. The maximum absolute atomic E-state index is 12.5. The van der Waals surface area contributed by atoms with Crippen molar-refractivity contribution in [2.45, 2.75) is 64.2 Å². The number of hydrogen-bond donors (Lipinski definition) is 2. The summed E-state index contributed by atoms with van der Waals surface area (Å²) >= 11 is 0. The highest BCUT2D eigenvalue weighted by molar-refractivity contribution is 6.06. The van der Waals surface area contributed by atoms with E-state index in [-0.39, 0.29) is 23.7 Å². The van der Waals surface area contributed by atoms with Crippen molar-refractivity contribution in [1.29, 1.82) is 0 Å². The van der Waals surface area contributed by atoms with Gasteiger partial charge in [-0.15, -0.1) is 0 Å². The Labute approximate surface area is 232 Å². The van der Waals surface area contributed by atoms with E-state index in [9.17, 15) is 14.7 Å². The smallest absolute Gasteiger partial charge is 0.163 e. The summed E-state index contributed by atoms with van der Waals surface area (Å²) in [4.78, 5) is 24.8. The van der Waals surface area contributed by atoms with Crippen LogP contribution in [0.1, 0.15) is 74.5 Å². The third kappa shape index (κ3) is 8.79. The molecule has 0 aromatic heterocycles. The fourth-order valence-electron chi connectivity index (χ4n) is 5.45. The Morgan fingerprint density at radius 3 is 2.54 bits per heavy atom. The number of phenolic OH excluding ortho intramolecular Hbond substituents is 1. The number of methoxy groups -OCH3 is 1. The summed E-state index contributed by atoms with van der Waals surface area (Å²) in [6.07, 6.45) is 12.3. The Morgan fingerprint density at radius 2 is 1.74 bits per heavy atom. The molecule has 0 radical (unpaired) electrons. The summed E-state index contributed by atoms with van der Waals surface area (Å²) in [7, 11) is 1.51. The molecule has 0 amide bonds. The Hall–Kier alpha value is -3.44. The average Bonchev–Trinajstić information content (AvgIpc) is 2.95. The molecular weight excluding hydrogens is 486 g/mol. The third-order valence-corrected chi connectivity index (χ3v) is 7.71. The van der Waals surface area contributed by atoms with E-state index >= 15 is 0 Å². The van der Waals surface area contributed by atoms with Crippen LogP contribution in [0.25, 0.3) is 16.8 Å². The first-order valence-electron chi connectivity index (χ1n) is 14.3. The number of phenols is 1. The van der Waals surface area contributed by atoms with Gasteiger partial charge in [0.25, 0.3) is 0 Å². The van der Waals surface area contributed by atoms with E-state index in [0.717, 1.165) is 54.8 Å². The number of aromatic hydroxyl groups is 1. The van der Waals surface area contributed by atoms with Crippen LogP contribution in [0.3, 0.4) is 0 Å². The molecule has 1 aliphatic rings. The first-order chi connectivity index (χ1) is 19.0. The Balaban J connectivity index is 1.26. The van der Waals surface area contributed by atoms with Crippen molar-refractivity contribution in [2.75, 3.05) is 20.2 Å². The second-order valence-electron chi connectivity index (χ2n) is 10.8. The number of allylic oxidation sites excluding steroid dienone is 1. The number of ether oxygens (including phenoxy) is 1. The second-order valence-corrected chi connectivity index (χ2v) is 10.8. The topological polar surface area (TPSA) is 75.6 Å². The van der Waals surface area contributed by atoms with E-state index in [2.05, 4.69) is 35.6 Å². The molecule has 0 bridgehead atoms. The molecule has 5 heteroatoms. The number of carbonyl (C=O) groups excluding carboxylic acids is 2. The number of piperidine rings is 1. The standard InChI is InChI=1S/C34H41NO4/c1-39-33-23-27(22-30(34(33)38)21-26-12-14-28-9-6-7-10-29(28)20-26)13-15-32(37)24-31(36)11-5-3-2-4-8-25-16-18-35-19-17-25/h6-7,9-10,12-15,20,22-23,25,35,38H,2-5,8,11,16-19,21,24H2,1H3. The molecule has 206 valence electrons. The number of fused-ring (bicyclic) bond motifs is 1. The summed E-state index contributed by atoms with van der Waals surface area (Å²) < 4.78 is 5.39. The predicted octanol–water partition coefficient (Wildman–Crippen LogP) is 7.03. The van der Waals surface area contributed by atoms with E-state index in [1.54, 1.807) is 12.1 Å². The van der Waals surface area contributed by atoms with E-state index in [1.807, 2.05) is 18.2 Å². The molecule has 1 fully saturated rings. The molecule has 0 unspecified atom stereocenters. The van der Waals surface area contributed by atoms with Crippen molar-refractivity contribution in [2.24, 2.45) is 5.92 Å². The van der Waals surface area contributed by atoms with Gasteiger partial charge in [0.1, 0.15) is 5.78 Å². The maximum Gasteiger partial charge on any atom is 0.163 e. The van der Waals surface area contributed by atoms with E-state index in [4.69, 9.17) is 4.74 Å². The van der Waals surface area contributed by atoms with Gasteiger partial charge in [-0.2, -0.15) is 0 Å². The first-order valence-corrected chi connectivity index (χ1v) is 14.3. The number of carbonyl (C=O) groups is 2.